The summed E-state index contributed by atoms with van der Waals surface area (Å²) in [6.45, 7) is 13.1. The highest BCUT2D eigenvalue weighted by molar-refractivity contribution is 5.83. The van der Waals surface area contributed by atoms with Crippen LogP contribution in [0.15, 0.2) is 36.7 Å². The molecule has 0 saturated carbocycles. The first-order valence-electron chi connectivity index (χ1n) is 15.2. The van der Waals surface area contributed by atoms with Gasteiger partial charge < -0.3 is 19.5 Å². The van der Waals surface area contributed by atoms with Gasteiger partial charge in [0.2, 0.25) is 5.95 Å². The number of morpholine rings is 1. The van der Waals surface area contributed by atoms with E-state index in [0.717, 1.165) is 50.9 Å². The summed E-state index contributed by atoms with van der Waals surface area (Å²) >= 11 is 0. The van der Waals surface area contributed by atoms with Crippen molar-refractivity contribution in [3.8, 4) is 11.3 Å². The van der Waals surface area contributed by atoms with Crippen molar-refractivity contribution in [1.29, 1.82) is 0 Å². The zero-order chi connectivity index (χ0) is 31.0. The lowest BCUT2D eigenvalue weighted by atomic mass is 9.99. The van der Waals surface area contributed by atoms with E-state index in [2.05, 4.69) is 42.0 Å². The van der Waals surface area contributed by atoms with Gasteiger partial charge in [0, 0.05) is 57.1 Å². The molecule has 1 N–H and O–H groups in total. The van der Waals surface area contributed by atoms with E-state index in [-0.39, 0.29) is 28.8 Å². The molecular formula is C32H39F3N8O. The van der Waals surface area contributed by atoms with E-state index in [9.17, 15) is 8.78 Å². The number of nitrogens with zero attached hydrogens (tertiary/aromatic N) is 7. The largest absolute Gasteiger partial charge is 0.373 e. The SMILES string of the molecule is Cc1nc2c(F)cc(-c3nc(Nc4ccc(CN5CCO[C@](C)(CCN6CC[C@H](F)C6)C5)cn4)ncc3F)cc2n1C(C)C. The summed E-state index contributed by atoms with van der Waals surface area (Å²) in [5.41, 5.74) is 1.88. The molecule has 2 saturated heterocycles. The number of likely N-dealkylation sites (tertiary alicyclic amines) is 1. The van der Waals surface area contributed by atoms with Gasteiger partial charge >= 0.3 is 0 Å². The molecule has 1 aromatic carbocycles. The van der Waals surface area contributed by atoms with E-state index in [1.54, 1.807) is 12.3 Å². The number of aromatic nitrogens is 5. The molecule has 2 aliphatic rings. The molecular weight excluding hydrogens is 569 g/mol. The topological polar surface area (TPSA) is 84.2 Å². The Balaban J connectivity index is 1.12. The molecule has 0 amide bonds. The smallest absolute Gasteiger partial charge is 0.229 e. The van der Waals surface area contributed by atoms with Crippen molar-refractivity contribution in [1.82, 2.24) is 34.3 Å². The van der Waals surface area contributed by atoms with Crippen molar-refractivity contribution in [2.45, 2.75) is 64.9 Å². The molecule has 234 valence electrons. The van der Waals surface area contributed by atoms with Crippen LogP contribution in [0.4, 0.5) is 24.9 Å². The van der Waals surface area contributed by atoms with E-state index in [1.165, 1.54) is 6.07 Å². The fraction of sp³-hybridized carbons (Fsp3) is 0.500. The predicted octanol–water partition coefficient (Wildman–Crippen LogP) is 5.82. The maximum Gasteiger partial charge on any atom is 0.229 e. The summed E-state index contributed by atoms with van der Waals surface area (Å²) in [6.07, 6.45) is 3.64. The van der Waals surface area contributed by atoms with Gasteiger partial charge in [0.1, 0.15) is 29.0 Å². The summed E-state index contributed by atoms with van der Waals surface area (Å²) < 4.78 is 51.6. The van der Waals surface area contributed by atoms with Gasteiger partial charge in [-0.2, -0.15) is 0 Å². The number of benzene rings is 1. The van der Waals surface area contributed by atoms with Crippen molar-refractivity contribution < 1.29 is 17.9 Å². The van der Waals surface area contributed by atoms with Gasteiger partial charge in [-0.25, -0.2) is 33.1 Å². The number of ether oxygens (including phenoxy) is 1. The molecule has 5 heterocycles. The summed E-state index contributed by atoms with van der Waals surface area (Å²) in [4.78, 5) is 21.9. The lowest BCUT2D eigenvalue weighted by Crippen LogP contribution is -2.50. The summed E-state index contributed by atoms with van der Waals surface area (Å²) in [5.74, 6) is 0.145. The Labute approximate surface area is 255 Å². The minimum absolute atomic E-state index is 0.0151. The molecule has 4 aromatic rings. The van der Waals surface area contributed by atoms with Crippen LogP contribution in [-0.4, -0.2) is 85.4 Å². The van der Waals surface area contributed by atoms with Gasteiger partial charge in [-0.1, -0.05) is 6.07 Å². The number of pyridine rings is 1. The highest BCUT2D eigenvalue weighted by Crippen LogP contribution is 2.31. The molecule has 0 radical (unpaired) electrons. The lowest BCUT2D eigenvalue weighted by molar-refractivity contribution is -0.106. The third kappa shape index (κ3) is 6.57. The van der Waals surface area contributed by atoms with Crippen molar-refractivity contribution in [3.05, 3.63) is 59.7 Å². The number of halogens is 3. The third-order valence-corrected chi connectivity index (χ3v) is 8.52. The molecule has 0 unspecified atom stereocenters. The van der Waals surface area contributed by atoms with Crippen molar-refractivity contribution >= 4 is 22.8 Å². The molecule has 2 fully saturated rings. The van der Waals surface area contributed by atoms with Crippen LogP contribution in [0.5, 0.6) is 0 Å². The van der Waals surface area contributed by atoms with Crippen LogP contribution in [0, 0.1) is 18.6 Å². The van der Waals surface area contributed by atoms with Crippen molar-refractivity contribution in [3.63, 3.8) is 0 Å². The first-order chi connectivity index (χ1) is 21.1. The molecule has 2 aliphatic heterocycles. The second-order valence-electron chi connectivity index (χ2n) is 12.5. The zero-order valence-corrected chi connectivity index (χ0v) is 25.7. The fourth-order valence-electron chi connectivity index (χ4n) is 6.34. The molecule has 6 rings (SSSR count). The Hall–Kier alpha value is -3.61. The quantitative estimate of drug-likeness (QED) is 0.254. The molecule has 0 spiro atoms. The molecule has 0 bridgehead atoms. The van der Waals surface area contributed by atoms with Gasteiger partial charge in [-0.15, -0.1) is 0 Å². The van der Waals surface area contributed by atoms with Crippen LogP contribution in [0.1, 0.15) is 51.0 Å². The number of hydrogen-bond acceptors (Lipinski definition) is 8. The Kier molecular flexibility index (Phi) is 8.58. The number of nitrogens with one attached hydrogen (secondary N) is 1. The van der Waals surface area contributed by atoms with Crippen molar-refractivity contribution in [2.24, 2.45) is 0 Å². The summed E-state index contributed by atoms with van der Waals surface area (Å²) in [5, 5.41) is 3.04. The third-order valence-electron chi connectivity index (χ3n) is 8.52. The summed E-state index contributed by atoms with van der Waals surface area (Å²) in [6, 6.07) is 6.83. The van der Waals surface area contributed by atoms with Crippen LogP contribution in [0.25, 0.3) is 22.3 Å². The average molecular weight is 609 g/mol. The van der Waals surface area contributed by atoms with E-state index in [0.29, 0.717) is 42.3 Å². The Morgan fingerprint density at radius 3 is 2.64 bits per heavy atom. The molecule has 3 aromatic heterocycles. The number of aryl methyl sites for hydroxylation is 1. The number of rotatable bonds is 9. The van der Waals surface area contributed by atoms with Crippen LogP contribution < -0.4 is 5.32 Å². The highest BCUT2D eigenvalue weighted by atomic mass is 19.1. The molecule has 12 heteroatoms. The lowest BCUT2D eigenvalue weighted by Gasteiger charge is -2.41. The Morgan fingerprint density at radius 1 is 1.07 bits per heavy atom. The molecule has 0 aliphatic carbocycles. The van der Waals surface area contributed by atoms with Crippen molar-refractivity contribution in [2.75, 3.05) is 44.6 Å². The van der Waals surface area contributed by atoms with Crippen LogP contribution >= 0.6 is 0 Å². The van der Waals surface area contributed by atoms with Crippen LogP contribution in [0.3, 0.4) is 0 Å². The van der Waals surface area contributed by atoms with Gasteiger partial charge in [0.25, 0.3) is 0 Å². The van der Waals surface area contributed by atoms with E-state index in [1.807, 2.05) is 37.5 Å². The predicted molar refractivity (Wildman–Crippen MR) is 164 cm³/mol. The van der Waals surface area contributed by atoms with Gasteiger partial charge in [-0.3, -0.25) is 4.90 Å². The van der Waals surface area contributed by atoms with E-state index < -0.39 is 17.8 Å². The normalized spacial score (nSPS) is 21.5. The van der Waals surface area contributed by atoms with Crippen LogP contribution in [0.2, 0.25) is 0 Å². The Morgan fingerprint density at radius 2 is 1.91 bits per heavy atom. The average Bonchev–Trinajstić information content (AvgIpc) is 3.56. The van der Waals surface area contributed by atoms with Crippen LogP contribution in [-0.2, 0) is 11.3 Å². The molecule has 44 heavy (non-hydrogen) atoms. The first-order valence-corrected chi connectivity index (χ1v) is 15.2. The maximum absolute atomic E-state index is 15.0. The van der Waals surface area contributed by atoms with Gasteiger partial charge in [-0.05, 0) is 64.3 Å². The highest BCUT2D eigenvalue weighted by Gasteiger charge is 2.33. The minimum Gasteiger partial charge on any atom is -0.373 e. The van der Waals surface area contributed by atoms with E-state index in [4.69, 9.17) is 4.74 Å². The maximum atomic E-state index is 15.0. The van der Waals surface area contributed by atoms with Gasteiger partial charge in [0.05, 0.1) is 23.9 Å². The number of hydrogen-bond donors (Lipinski definition) is 1. The monoisotopic (exact) mass is 608 g/mol. The second-order valence-corrected chi connectivity index (χ2v) is 12.5. The fourth-order valence-corrected chi connectivity index (χ4v) is 6.34. The minimum atomic E-state index is -0.710. The number of alkyl halides is 1. The summed E-state index contributed by atoms with van der Waals surface area (Å²) in [7, 11) is 0. The second kappa shape index (κ2) is 12.4. The number of imidazole rings is 1. The number of fused-ring (bicyclic) bond motifs is 1. The standard InChI is InChI=1S/C32H39F3N8O/c1-20(2)43-21(3)38-30-25(34)13-23(14-27(30)43)29-26(35)16-37-31(40-29)39-28-6-5-22(15-36-28)17-42-11-12-44-32(4,19-42)8-10-41-9-7-24(33)18-41/h5-6,13-16,20,24H,7-12,17-19H2,1-4H3,(H,36,37,39,40)/t24-,32+/m0/s1. The van der Waals surface area contributed by atoms with E-state index >= 15 is 4.39 Å². The zero-order valence-electron chi connectivity index (χ0n) is 25.7. The number of anilines is 2. The molecule has 2 atom stereocenters. The Bertz CT molecular complexity index is 1630. The van der Waals surface area contributed by atoms with Gasteiger partial charge in [0.15, 0.2) is 11.6 Å². The molecule has 9 nitrogen and oxygen atoms in total. The first kappa shape index (κ1) is 30.4.